The predicted molar refractivity (Wildman–Crippen MR) is 78.0 cm³/mol. The van der Waals surface area contributed by atoms with Crippen LogP contribution in [-0.4, -0.2) is 22.0 Å². The molecule has 0 aliphatic heterocycles. The molecule has 0 spiro atoms. The highest BCUT2D eigenvalue weighted by molar-refractivity contribution is 5.70. The number of non-ortho nitro benzene ring substituents is 1. The molecule has 1 aliphatic carbocycles. The molecule has 0 radical (unpaired) electrons. The van der Waals surface area contributed by atoms with Gasteiger partial charge in [-0.05, 0) is 38.2 Å². The van der Waals surface area contributed by atoms with Gasteiger partial charge in [-0.3, -0.25) is 14.9 Å². The molecular weight excluding hydrogens is 272 g/mol. The molecule has 1 saturated carbocycles. The number of carboxylic acid groups (broad SMARTS) is 1. The van der Waals surface area contributed by atoms with E-state index in [1.165, 1.54) is 6.07 Å². The number of carbonyl (C=O) groups is 1. The fourth-order valence-electron chi connectivity index (χ4n) is 2.86. The average Bonchev–Trinajstić information content (AvgIpc) is 2.48. The largest absolute Gasteiger partial charge is 0.481 e. The van der Waals surface area contributed by atoms with Gasteiger partial charge in [0.15, 0.2) is 0 Å². The molecule has 2 rings (SSSR count). The molecule has 0 amide bonds. The van der Waals surface area contributed by atoms with Crippen LogP contribution in [0.4, 0.5) is 5.69 Å². The van der Waals surface area contributed by atoms with Gasteiger partial charge in [0.05, 0.1) is 10.8 Å². The molecule has 1 aromatic carbocycles. The third kappa shape index (κ3) is 4.01. The van der Waals surface area contributed by atoms with Crippen LogP contribution in [0, 0.1) is 16.0 Å². The van der Waals surface area contributed by atoms with Crippen molar-refractivity contribution in [3.8, 4) is 0 Å². The molecule has 6 nitrogen and oxygen atoms in total. The van der Waals surface area contributed by atoms with Gasteiger partial charge in [-0.1, -0.05) is 12.1 Å². The Hall–Kier alpha value is -1.95. The van der Waals surface area contributed by atoms with Crippen LogP contribution in [0.5, 0.6) is 0 Å². The Kier molecular flexibility index (Phi) is 4.90. The third-order valence-corrected chi connectivity index (χ3v) is 4.14. The first-order chi connectivity index (χ1) is 9.97. The summed E-state index contributed by atoms with van der Waals surface area (Å²) >= 11 is 0. The van der Waals surface area contributed by atoms with E-state index in [0.29, 0.717) is 12.8 Å². The zero-order chi connectivity index (χ0) is 15.4. The average molecular weight is 292 g/mol. The Balaban J connectivity index is 1.93. The van der Waals surface area contributed by atoms with Crippen LogP contribution in [0.1, 0.15) is 44.2 Å². The van der Waals surface area contributed by atoms with E-state index >= 15 is 0 Å². The minimum Gasteiger partial charge on any atom is -0.481 e. The summed E-state index contributed by atoms with van der Waals surface area (Å²) in [5.41, 5.74) is 0.972. The minimum absolute atomic E-state index is 0.0104. The lowest BCUT2D eigenvalue weighted by molar-refractivity contribution is -0.384. The summed E-state index contributed by atoms with van der Waals surface area (Å²) in [4.78, 5) is 21.3. The molecule has 1 unspecified atom stereocenters. The summed E-state index contributed by atoms with van der Waals surface area (Å²) < 4.78 is 0. The molecule has 114 valence electrons. The molecule has 1 atom stereocenters. The quantitative estimate of drug-likeness (QED) is 0.643. The second-order valence-electron chi connectivity index (χ2n) is 5.63. The monoisotopic (exact) mass is 292 g/mol. The van der Waals surface area contributed by atoms with Gasteiger partial charge in [0.2, 0.25) is 0 Å². The minimum atomic E-state index is -0.708. The first kappa shape index (κ1) is 15.4. The summed E-state index contributed by atoms with van der Waals surface area (Å²) in [5.74, 6) is -0.934. The Bertz CT molecular complexity index is 524. The maximum absolute atomic E-state index is 10.9. The lowest BCUT2D eigenvalue weighted by Gasteiger charge is -2.29. The fourth-order valence-corrected chi connectivity index (χ4v) is 2.86. The zero-order valence-electron chi connectivity index (χ0n) is 12.0. The molecule has 1 aliphatic rings. The van der Waals surface area contributed by atoms with Crippen LogP contribution < -0.4 is 5.32 Å². The van der Waals surface area contributed by atoms with Gasteiger partial charge >= 0.3 is 5.97 Å². The van der Waals surface area contributed by atoms with Crippen molar-refractivity contribution in [2.75, 3.05) is 0 Å². The summed E-state index contributed by atoms with van der Waals surface area (Å²) in [6.07, 6.45) is 3.04. The molecular formula is C15H20N2O4. The zero-order valence-corrected chi connectivity index (χ0v) is 12.0. The van der Waals surface area contributed by atoms with Crippen molar-refractivity contribution in [2.24, 2.45) is 5.92 Å². The van der Waals surface area contributed by atoms with Crippen molar-refractivity contribution in [3.05, 3.63) is 39.9 Å². The molecule has 0 aromatic heterocycles. The van der Waals surface area contributed by atoms with Crippen molar-refractivity contribution in [2.45, 2.75) is 44.7 Å². The second kappa shape index (κ2) is 6.67. The number of carboxylic acids is 1. The second-order valence-corrected chi connectivity index (χ2v) is 5.63. The number of nitro benzene ring substituents is 1. The van der Waals surface area contributed by atoms with E-state index in [1.807, 2.05) is 13.0 Å². The van der Waals surface area contributed by atoms with E-state index in [-0.39, 0.29) is 23.7 Å². The highest BCUT2D eigenvalue weighted by Crippen LogP contribution is 2.27. The van der Waals surface area contributed by atoms with Gasteiger partial charge in [0, 0.05) is 24.2 Å². The number of hydrogen-bond donors (Lipinski definition) is 2. The van der Waals surface area contributed by atoms with Crippen molar-refractivity contribution in [3.63, 3.8) is 0 Å². The molecule has 21 heavy (non-hydrogen) atoms. The molecule has 1 fully saturated rings. The smallest absolute Gasteiger partial charge is 0.306 e. The third-order valence-electron chi connectivity index (χ3n) is 4.14. The number of benzene rings is 1. The van der Waals surface area contributed by atoms with Gasteiger partial charge in [-0.2, -0.15) is 0 Å². The molecule has 0 saturated heterocycles. The SMILES string of the molecule is CC(NC1CCC(C(=O)O)CC1)c1cccc([N+](=O)[O-])c1. The van der Waals surface area contributed by atoms with Crippen LogP contribution in [0.15, 0.2) is 24.3 Å². The molecule has 1 aromatic rings. The number of nitrogens with one attached hydrogen (secondary N) is 1. The number of hydrogen-bond acceptors (Lipinski definition) is 4. The standard InChI is InChI=1S/C15H20N2O4/c1-10(12-3-2-4-14(9-12)17(20)21)16-13-7-5-11(6-8-13)15(18)19/h2-4,9-11,13,16H,5-8H2,1H3,(H,18,19). The van der Waals surface area contributed by atoms with Gasteiger partial charge in [-0.15, -0.1) is 0 Å². The molecule has 0 bridgehead atoms. The van der Waals surface area contributed by atoms with Crippen LogP contribution >= 0.6 is 0 Å². The fraction of sp³-hybridized carbons (Fsp3) is 0.533. The van der Waals surface area contributed by atoms with E-state index < -0.39 is 10.9 Å². The van der Waals surface area contributed by atoms with Gasteiger partial charge < -0.3 is 10.4 Å². The Morgan fingerprint density at radius 1 is 1.38 bits per heavy atom. The summed E-state index contributed by atoms with van der Waals surface area (Å²) in [6, 6.07) is 6.90. The lowest BCUT2D eigenvalue weighted by atomic mass is 9.85. The lowest BCUT2D eigenvalue weighted by Crippen LogP contribution is -2.36. The summed E-state index contributed by atoms with van der Waals surface area (Å²) in [7, 11) is 0. The van der Waals surface area contributed by atoms with Crippen LogP contribution in [0.3, 0.4) is 0 Å². The van der Waals surface area contributed by atoms with E-state index in [4.69, 9.17) is 5.11 Å². The van der Waals surface area contributed by atoms with Gasteiger partial charge in [-0.25, -0.2) is 0 Å². The topological polar surface area (TPSA) is 92.5 Å². The number of nitro groups is 1. The van der Waals surface area contributed by atoms with Crippen molar-refractivity contribution in [1.29, 1.82) is 0 Å². The highest BCUT2D eigenvalue weighted by Gasteiger charge is 2.26. The first-order valence-electron chi connectivity index (χ1n) is 7.20. The van der Waals surface area contributed by atoms with E-state index in [9.17, 15) is 14.9 Å². The van der Waals surface area contributed by atoms with E-state index in [2.05, 4.69) is 5.32 Å². The summed E-state index contributed by atoms with van der Waals surface area (Å²) in [6.45, 7) is 1.97. The number of rotatable bonds is 5. The van der Waals surface area contributed by atoms with Crippen LogP contribution in [0.25, 0.3) is 0 Å². The van der Waals surface area contributed by atoms with Gasteiger partial charge in [0.1, 0.15) is 0 Å². The van der Waals surface area contributed by atoms with Crippen LogP contribution in [0.2, 0.25) is 0 Å². The Labute approximate surface area is 123 Å². The molecule has 0 heterocycles. The van der Waals surface area contributed by atoms with Crippen molar-refractivity contribution >= 4 is 11.7 Å². The van der Waals surface area contributed by atoms with E-state index in [1.54, 1.807) is 12.1 Å². The van der Waals surface area contributed by atoms with Crippen molar-refractivity contribution < 1.29 is 14.8 Å². The first-order valence-corrected chi connectivity index (χ1v) is 7.20. The van der Waals surface area contributed by atoms with Crippen molar-refractivity contribution in [1.82, 2.24) is 5.32 Å². The van der Waals surface area contributed by atoms with Crippen LogP contribution in [-0.2, 0) is 4.79 Å². The molecule has 6 heteroatoms. The van der Waals surface area contributed by atoms with E-state index in [0.717, 1.165) is 18.4 Å². The Morgan fingerprint density at radius 2 is 2.05 bits per heavy atom. The maximum Gasteiger partial charge on any atom is 0.306 e. The normalized spacial score (nSPS) is 23.5. The number of aliphatic carboxylic acids is 1. The van der Waals surface area contributed by atoms with Gasteiger partial charge in [0.25, 0.3) is 5.69 Å². The number of nitrogens with zero attached hydrogens (tertiary/aromatic N) is 1. The highest BCUT2D eigenvalue weighted by atomic mass is 16.6. The predicted octanol–water partition coefficient (Wildman–Crippen LogP) is 2.89. The maximum atomic E-state index is 10.9. The molecule has 2 N–H and O–H groups in total. The Morgan fingerprint density at radius 3 is 2.62 bits per heavy atom. The summed E-state index contributed by atoms with van der Waals surface area (Å²) in [5, 5.41) is 23.2.